The van der Waals surface area contributed by atoms with Gasteiger partial charge in [0, 0.05) is 28.3 Å². The van der Waals surface area contributed by atoms with Gasteiger partial charge in [-0.2, -0.15) is 0 Å². The van der Waals surface area contributed by atoms with Gasteiger partial charge in [-0.15, -0.1) is 0 Å². The van der Waals surface area contributed by atoms with Crippen LogP contribution in [0.4, 0.5) is 0 Å². The van der Waals surface area contributed by atoms with Crippen LogP contribution in [0.1, 0.15) is 18.5 Å². The van der Waals surface area contributed by atoms with Gasteiger partial charge >= 0.3 is 0 Å². The number of nitrogens with one attached hydrogen (secondary N) is 1. The van der Waals surface area contributed by atoms with Crippen LogP contribution in [0.25, 0.3) is 0 Å². The van der Waals surface area contributed by atoms with Gasteiger partial charge in [0.2, 0.25) is 0 Å². The summed E-state index contributed by atoms with van der Waals surface area (Å²) in [5, 5.41) is 3.75. The van der Waals surface area contributed by atoms with Crippen molar-refractivity contribution in [3.8, 4) is 11.5 Å². The van der Waals surface area contributed by atoms with E-state index in [1.54, 1.807) is 18.5 Å². The number of aromatic nitrogens is 1. The van der Waals surface area contributed by atoms with Crippen molar-refractivity contribution in [1.29, 1.82) is 0 Å². The summed E-state index contributed by atoms with van der Waals surface area (Å²) in [6.07, 6.45) is 3.22. The molecule has 2 rings (SSSR count). The molecule has 0 amide bonds. The highest BCUT2D eigenvalue weighted by molar-refractivity contribution is 9.10. The van der Waals surface area contributed by atoms with Gasteiger partial charge in [0.25, 0.3) is 0 Å². The van der Waals surface area contributed by atoms with Crippen molar-refractivity contribution in [2.24, 2.45) is 0 Å². The number of hydrogen-bond acceptors (Lipinski definition) is 3. The lowest BCUT2D eigenvalue weighted by atomic mass is 10.1. The van der Waals surface area contributed by atoms with Gasteiger partial charge in [-0.1, -0.05) is 33.6 Å². The second-order valence-corrected chi connectivity index (χ2v) is 5.49. The molecule has 0 aliphatic rings. The Morgan fingerprint density at radius 2 is 2.11 bits per heavy atom. The SMILES string of the molecule is CNC(C)c1ccc(Br)cc1Oc1cncc(Cl)c1. The minimum atomic E-state index is 0.190. The van der Waals surface area contributed by atoms with Crippen LogP contribution in [0.2, 0.25) is 5.02 Å². The molecule has 0 spiro atoms. The summed E-state index contributed by atoms with van der Waals surface area (Å²) in [6, 6.07) is 7.88. The third kappa shape index (κ3) is 3.69. The lowest BCUT2D eigenvalue weighted by Gasteiger charge is -2.16. The van der Waals surface area contributed by atoms with E-state index in [1.165, 1.54) is 0 Å². The van der Waals surface area contributed by atoms with Gasteiger partial charge in [0.15, 0.2) is 0 Å². The van der Waals surface area contributed by atoms with Crippen molar-refractivity contribution in [3.63, 3.8) is 0 Å². The van der Waals surface area contributed by atoms with Crippen molar-refractivity contribution in [3.05, 3.63) is 51.7 Å². The summed E-state index contributed by atoms with van der Waals surface area (Å²) in [5.41, 5.74) is 1.07. The molecule has 1 N–H and O–H groups in total. The summed E-state index contributed by atoms with van der Waals surface area (Å²) < 4.78 is 6.84. The average Bonchev–Trinajstić information content (AvgIpc) is 2.38. The normalized spacial score (nSPS) is 12.2. The maximum absolute atomic E-state index is 5.91. The molecule has 0 fully saturated rings. The van der Waals surface area contributed by atoms with Crippen molar-refractivity contribution in [1.82, 2.24) is 10.3 Å². The zero-order chi connectivity index (χ0) is 13.8. The Balaban J connectivity index is 2.35. The van der Waals surface area contributed by atoms with E-state index in [2.05, 4.69) is 33.2 Å². The first-order valence-electron chi connectivity index (χ1n) is 5.85. The summed E-state index contributed by atoms with van der Waals surface area (Å²) >= 11 is 9.36. The number of hydrogen-bond donors (Lipinski definition) is 1. The zero-order valence-electron chi connectivity index (χ0n) is 10.7. The van der Waals surface area contributed by atoms with Crippen LogP contribution < -0.4 is 10.1 Å². The quantitative estimate of drug-likeness (QED) is 0.884. The summed E-state index contributed by atoms with van der Waals surface area (Å²) in [6.45, 7) is 2.08. The topological polar surface area (TPSA) is 34.1 Å². The summed E-state index contributed by atoms with van der Waals surface area (Å²) in [7, 11) is 1.91. The number of pyridine rings is 1. The molecule has 0 saturated heterocycles. The van der Waals surface area contributed by atoms with Crippen LogP contribution in [0.3, 0.4) is 0 Å². The Kier molecular flexibility index (Phi) is 4.80. The predicted molar refractivity (Wildman–Crippen MR) is 80.9 cm³/mol. The predicted octanol–water partition coefficient (Wildman–Crippen LogP) is 4.57. The van der Waals surface area contributed by atoms with E-state index in [0.29, 0.717) is 10.8 Å². The number of ether oxygens (including phenoxy) is 1. The first-order chi connectivity index (χ1) is 9.10. The fourth-order valence-corrected chi connectivity index (χ4v) is 2.19. The van der Waals surface area contributed by atoms with Crippen molar-refractivity contribution < 1.29 is 4.74 Å². The highest BCUT2D eigenvalue weighted by atomic mass is 79.9. The van der Waals surface area contributed by atoms with E-state index in [1.807, 2.05) is 25.2 Å². The second kappa shape index (κ2) is 6.37. The molecule has 1 unspecified atom stereocenters. The molecule has 1 aromatic heterocycles. The number of halogens is 2. The van der Waals surface area contributed by atoms with Gasteiger partial charge in [-0.05, 0) is 26.1 Å². The molecule has 0 bridgehead atoms. The van der Waals surface area contributed by atoms with Gasteiger partial charge in [-0.3, -0.25) is 4.98 Å². The molecule has 0 saturated carbocycles. The number of benzene rings is 1. The Hall–Kier alpha value is -1.10. The molecule has 1 aromatic carbocycles. The monoisotopic (exact) mass is 340 g/mol. The van der Waals surface area contributed by atoms with Gasteiger partial charge < -0.3 is 10.1 Å². The molecular weight excluding hydrogens is 328 g/mol. The fourth-order valence-electron chi connectivity index (χ4n) is 1.68. The lowest BCUT2D eigenvalue weighted by Crippen LogP contribution is -2.13. The standard InChI is InChI=1S/C14H14BrClN2O/c1-9(17-2)13-4-3-10(15)5-14(13)19-12-6-11(16)7-18-8-12/h3-9,17H,1-2H3. The van der Waals surface area contributed by atoms with Gasteiger partial charge in [0.1, 0.15) is 11.5 Å². The Morgan fingerprint density at radius 3 is 2.79 bits per heavy atom. The molecular formula is C14H14BrClN2O. The Morgan fingerprint density at radius 1 is 1.32 bits per heavy atom. The van der Waals surface area contributed by atoms with Gasteiger partial charge in [-0.25, -0.2) is 0 Å². The van der Waals surface area contributed by atoms with Crippen molar-refractivity contribution in [2.45, 2.75) is 13.0 Å². The van der Waals surface area contributed by atoms with Crippen LogP contribution in [0.15, 0.2) is 41.1 Å². The number of rotatable bonds is 4. The third-order valence-electron chi connectivity index (χ3n) is 2.78. The minimum absolute atomic E-state index is 0.190. The Bertz CT molecular complexity index is 577. The molecule has 1 heterocycles. The van der Waals surface area contributed by atoms with E-state index < -0.39 is 0 Å². The van der Waals surface area contributed by atoms with Crippen LogP contribution in [0, 0.1) is 0 Å². The van der Waals surface area contributed by atoms with E-state index in [-0.39, 0.29) is 6.04 Å². The zero-order valence-corrected chi connectivity index (χ0v) is 13.0. The van der Waals surface area contributed by atoms with Crippen molar-refractivity contribution in [2.75, 3.05) is 7.05 Å². The fraction of sp³-hybridized carbons (Fsp3) is 0.214. The van der Waals surface area contributed by atoms with Crippen LogP contribution in [-0.4, -0.2) is 12.0 Å². The molecule has 5 heteroatoms. The van der Waals surface area contributed by atoms with Crippen molar-refractivity contribution >= 4 is 27.5 Å². The van der Waals surface area contributed by atoms with E-state index in [9.17, 15) is 0 Å². The minimum Gasteiger partial charge on any atom is -0.455 e. The van der Waals surface area contributed by atoms with Crippen LogP contribution in [-0.2, 0) is 0 Å². The molecule has 0 aliphatic carbocycles. The molecule has 1 atom stereocenters. The van der Waals surface area contributed by atoms with E-state index in [4.69, 9.17) is 16.3 Å². The number of nitrogens with zero attached hydrogens (tertiary/aromatic N) is 1. The first-order valence-corrected chi connectivity index (χ1v) is 7.02. The van der Waals surface area contributed by atoms with Crippen LogP contribution >= 0.6 is 27.5 Å². The molecule has 2 aromatic rings. The molecule has 0 aliphatic heterocycles. The molecule has 19 heavy (non-hydrogen) atoms. The summed E-state index contributed by atoms with van der Waals surface area (Å²) in [5.74, 6) is 1.40. The second-order valence-electron chi connectivity index (χ2n) is 4.13. The maximum atomic E-state index is 5.91. The average molecular weight is 342 g/mol. The lowest BCUT2D eigenvalue weighted by molar-refractivity contribution is 0.464. The highest BCUT2D eigenvalue weighted by Crippen LogP contribution is 2.32. The smallest absolute Gasteiger partial charge is 0.147 e. The largest absolute Gasteiger partial charge is 0.455 e. The third-order valence-corrected chi connectivity index (χ3v) is 3.48. The van der Waals surface area contributed by atoms with E-state index >= 15 is 0 Å². The molecule has 3 nitrogen and oxygen atoms in total. The first kappa shape index (κ1) is 14.3. The molecule has 0 radical (unpaired) electrons. The molecule has 100 valence electrons. The highest BCUT2D eigenvalue weighted by Gasteiger charge is 2.11. The maximum Gasteiger partial charge on any atom is 0.147 e. The Labute approximate surface area is 126 Å². The van der Waals surface area contributed by atoms with E-state index in [0.717, 1.165) is 15.8 Å². The van der Waals surface area contributed by atoms with Gasteiger partial charge in [0.05, 0.1) is 11.2 Å². The summed E-state index contributed by atoms with van der Waals surface area (Å²) in [4.78, 5) is 4.01. The van der Waals surface area contributed by atoms with Crippen LogP contribution in [0.5, 0.6) is 11.5 Å².